The van der Waals surface area contributed by atoms with Crippen LogP contribution in [0.2, 0.25) is 0 Å². The Morgan fingerprint density at radius 2 is 2.00 bits per heavy atom. The van der Waals surface area contributed by atoms with Crippen LogP contribution in [0.4, 0.5) is 0 Å². The van der Waals surface area contributed by atoms with E-state index in [-0.39, 0.29) is 5.41 Å². The molecule has 0 aliphatic heterocycles. The van der Waals surface area contributed by atoms with E-state index in [1.54, 1.807) is 0 Å². The van der Waals surface area contributed by atoms with Gasteiger partial charge in [-0.1, -0.05) is 6.92 Å². The highest BCUT2D eigenvalue weighted by molar-refractivity contribution is 5.68. The summed E-state index contributed by atoms with van der Waals surface area (Å²) in [6.07, 6.45) is 2.48. The molecule has 1 rings (SSSR count). The molecule has 1 aliphatic rings. The van der Waals surface area contributed by atoms with Gasteiger partial charge in [-0.2, -0.15) is 0 Å². The van der Waals surface area contributed by atoms with Crippen LogP contribution in [0.5, 0.6) is 0 Å². The number of rotatable bonds is 8. The highest BCUT2D eigenvalue weighted by atomic mass is 16.4. The molecule has 1 saturated carbocycles. The highest BCUT2D eigenvalue weighted by Crippen LogP contribution is 2.49. The number of hydrogen-bond acceptors (Lipinski definition) is 3. The monoisotopic (exact) mass is 242 g/mol. The minimum absolute atomic E-state index is 0.0718. The van der Waals surface area contributed by atoms with Gasteiger partial charge in [0, 0.05) is 19.1 Å². The summed E-state index contributed by atoms with van der Waals surface area (Å²) in [4.78, 5) is 15.4. The molecule has 1 fully saturated rings. The number of likely N-dealkylation sites (N-methyl/N-ethyl adjacent to an activating group) is 2. The molecular formula is C13H26N2O2. The molecule has 4 nitrogen and oxygen atoms in total. The lowest BCUT2D eigenvalue weighted by Gasteiger charge is -2.32. The first kappa shape index (κ1) is 14.5. The molecule has 1 aliphatic carbocycles. The Labute approximate surface area is 105 Å². The summed E-state index contributed by atoms with van der Waals surface area (Å²) in [5, 5.41) is 8.93. The van der Waals surface area contributed by atoms with E-state index in [4.69, 9.17) is 5.11 Å². The van der Waals surface area contributed by atoms with Gasteiger partial charge in [0.25, 0.3) is 0 Å². The van der Waals surface area contributed by atoms with E-state index in [1.807, 2.05) is 0 Å². The van der Waals surface area contributed by atoms with Crippen LogP contribution < -0.4 is 0 Å². The molecule has 0 aromatic carbocycles. The number of carbonyl (C=O) groups is 1. The zero-order valence-corrected chi connectivity index (χ0v) is 11.6. The van der Waals surface area contributed by atoms with Crippen molar-refractivity contribution in [2.75, 3.05) is 33.7 Å². The van der Waals surface area contributed by atoms with Gasteiger partial charge in [-0.3, -0.25) is 9.69 Å². The Hall–Kier alpha value is -0.610. The third-order valence-electron chi connectivity index (χ3n) is 3.68. The maximum Gasteiger partial charge on any atom is 0.303 e. The average molecular weight is 242 g/mol. The fourth-order valence-electron chi connectivity index (χ4n) is 2.54. The number of carboxylic acid groups (broad SMARTS) is 1. The van der Waals surface area contributed by atoms with Crippen LogP contribution in [-0.2, 0) is 4.79 Å². The second kappa shape index (κ2) is 5.83. The smallest absolute Gasteiger partial charge is 0.303 e. The topological polar surface area (TPSA) is 43.8 Å². The molecule has 0 aromatic heterocycles. The minimum atomic E-state index is -0.654. The van der Waals surface area contributed by atoms with E-state index in [0.717, 1.165) is 32.5 Å². The van der Waals surface area contributed by atoms with Crippen LogP contribution in [0.25, 0.3) is 0 Å². The molecule has 0 aromatic rings. The number of nitrogens with zero attached hydrogens (tertiary/aromatic N) is 2. The van der Waals surface area contributed by atoms with Crippen LogP contribution in [0.1, 0.15) is 33.1 Å². The fraction of sp³-hybridized carbons (Fsp3) is 0.923. The average Bonchev–Trinajstić information content (AvgIpc) is 2.92. The summed E-state index contributed by atoms with van der Waals surface area (Å²) in [7, 11) is 4.16. The van der Waals surface area contributed by atoms with Gasteiger partial charge in [0.2, 0.25) is 0 Å². The third kappa shape index (κ3) is 4.64. The largest absolute Gasteiger partial charge is 0.481 e. The summed E-state index contributed by atoms with van der Waals surface area (Å²) in [6, 6.07) is 0.487. The molecule has 1 unspecified atom stereocenters. The predicted molar refractivity (Wildman–Crippen MR) is 69.2 cm³/mol. The van der Waals surface area contributed by atoms with Gasteiger partial charge < -0.3 is 10.0 Å². The molecule has 1 N–H and O–H groups in total. The Morgan fingerprint density at radius 3 is 2.35 bits per heavy atom. The van der Waals surface area contributed by atoms with Gasteiger partial charge >= 0.3 is 5.97 Å². The van der Waals surface area contributed by atoms with Gasteiger partial charge in [-0.25, -0.2) is 0 Å². The van der Waals surface area contributed by atoms with E-state index >= 15 is 0 Å². The summed E-state index contributed by atoms with van der Waals surface area (Å²) in [5.41, 5.74) is 0.0718. The highest BCUT2D eigenvalue weighted by Gasteiger charge is 2.45. The number of aliphatic carboxylic acids is 1. The normalized spacial score (nSPS) is 19.6. The van der Waals surface area contributed by atoms with Crippen LogP contribution in [-0.4, -0.2) is 60.6 Å². The molecule has 0 spiro atoms. The molecule has 100 valence electrons. The van der Waals surface area contributed by atoms with Gasteiger partial charge in [0.15, 0.2) is 0 Å². The second-order valence-electron chi connectivity index (χ2n) is 5.74. The van der Waals surface area contributed by atoms with Crippen molar-refractivity contribution in [1.29, 1.82) is 0 Å². The van der Waals surface area contributed by atoms with E-state index in [0.29, 0.717) is 12.5 Å². The fourth-order valence-corrected chi connectivity index (χ4v) is 2.54. The van der Waals surface area contributed by atoms with Crippen molar-refractivity contribution in [2.45, 2.75) is 39.2 Å². The van der Waals surface area contributed by atoms with Gasteiger partial charge in [0.1, 0.15) is 0 Å². The van der Waals surface area contributed by atoms with Crippen molar-refractivity contribution in [1.82, 2.24) is 9.80 Å². The Balaban J connectivity index is 2.49. The molecule has 0 heterocycles. The van der Waals surface area contributed by atoms with Crippen molar-refractivity contribution in [2.24, 2.45) is 5.41 Å². The Morgan fingerprint density at radius 1 is 1.41 bits per heavy atom. The molecule has 0 amide bonds. The first-order valence-electron chi connectivity index (χ1n) is 6.49. The maximum atomic E-state index is 10.8. The first-order valence-corrected chi connectivity index (χ1v) is 6.49. The first-order chi connectivity index (χ1) is 7.88. The van der Waals surface area contributed by atoms with Crippen LogP contribution in [0.15, 0.2) is 0 Å². The molecule has 4 heteroatoms. The van der Waals surface area contributed by atoms with Crippen LogP contribution in [0, 0.1) is 5.41 Å². The van der Waals surface area contributed by atoms with Crippen molar-refractivity contribution in [3.8, 4) is 0 Å². The predicted octanol–water partition coefficient (Wildman–Crippen LogP) is 1.51. The van der Waals surface area contributed by atoms with E-state index in [1.165, 1.54) is 0 Å². The standard InChI is InChI=1S/C13H26N2O2/c1-5-15(11(2)9-14(3)4)10-13(6-7-13)8-12(16)17/h11H,5-10H2,1-4H3,(H,16,17). The van der Waals surface area contributed by atoms with Crippen LogP contribution >= 0.6 is 0 Å². The third-order valence-corrected chi connectivity index (χ3v) is 3.68. The summed E-state index contributed by atoms with van der Waals surface area (Å²) in [6.45, 7) is 7.33. The zero-order valence-electron chi connectivity index (χ0n) is 11.6. The molecule has 0 saturated heterocycles. The Bertz CT molecular complexity index is 262. The van der Waals surface area contributed by atoms with E-state index in [2.05, 4.69) is 37.7 Å². The molecule has 1 atom stereocenters. The maximum absolute atomic E-state index is 10.8. The lowest BCUT2D eigenvalue weighted by molar-refractivity contribution is -0.138. The zero-order chi connectivity index (χ0) is 13.1. The van der Waals surface area contributed by atoms with Crippen molar-refractivity contribution < 1.29 is 9.90 Å². The van der Waals surface area contributed by atoms with Crippen LogP contribution in [0.3, 0.4) is 0 Å². The van der Waals surface area contributed by atoms with Crippen molar-refractivity contribution in [3.05, 3.63) is 0 Å². The number of hydrogen-bond donors (Lipinski definition) is 1. The second-order valence-corrected chi connectivity index (χ2v) is 5.74. The van der Waals surface area contributed by atoms with Crippen molar-refractivity contribution in [3.63, 3.8) is 0 Å². The summed E-state index contributed by atoms with van der Waals surface area (Å²) in [5.74, 6) is -0.654. The molecule has 17 heavy (non-hydrogen) atoms. The summed E-state index contributed by atoms with van der Waals surface area (Å²) < 4.78 is 0. The van der Waals surface area contributed by atoms with Crippen molar-refractivity contribution >= 4 is 5.97 Å². The van der Waals surface area contributed by atoms with Gasteiger partial charge in [-0.05, 0) is 45.8 Å². The lowest BCUT2D eigenvalue weighted by Crippen LogP contribution is -2.43. The Kier molecular flexibility index (Phi) is 4.95. The lowest BCUT2D eigenvalue weighted by atomic mass is 10.0. The molecule has 0 radical (unpaired) electrons. The van der Waals surface area contributed by atoms with Gasteiger partial charge in [0.05, 0.1) is 6.42 Å². The SMILES string of the molecule is CCN(CC1(CC(=O)O)CC1)C(C)CN(C)C. The van der Waals surface area contributed by atoms with E-state index < -0.39 is 5.97 Å². The summed E-state index contributed by atoms with van der Waals surface area (Å²) >= 11 is 0. The molecule has 0 bridgehead atoms. The number of carboxylic acids is 1. The minimum Gasteiger partial charge on any atom is -0.481 e. The molecular weight excluding hydrogens is 216 g/mol. The quantitative estimate of drug-likeness (QED) is 0.701. The van der Waals surface area contributed by atoms with E-state index in [9.17, 15) is 4.79 Å². The van der Waals surface area contributed by atoms with Gasteiger partial charge in [-0.15, -0.1) is 0 Å².